The minimum atomic E-state index is -0.101. The second kappa shape index (κ2) is 8.79. The molecule has 1 aromatic heterocycles. The zero-order valence-corrected chi connectivity index (χ0v) is 17.1. The molecule has 0 saturated heterocycles. The third kappa shape index (κ3) is 4.28. The van der Waals surface area contributed by atoms with E-state index in [9.17, 15) is 4.79 Å². The fourth-order valence-corrected chi connectivity index (χ4v) is 3.73. The van der Waals surface area contributed by atoms with E-state index in [0.29, 0.717) is 23.8 Å². The minimum absolute atomic E-state index is 0.101. The van der Waals surface area contributed by atoms with Crippen LogP contribution in [0.15, 0.2) is 36.4 Å². The van der Waals surface area contributed by atoms with Gasteiger partial charge in [0.1, 0.15) is 0 Å². The number of anilines is 1. The molecule has 3 rings (SSSR count). The number of fused-ring (bicyclic) bond motifs is 1. The van der Waals surface area contributed by atoms with Crippen molar-refractivity contribution in [3.05, 3.63) is 42.0 Å². The average molecular weight is 401 g/mol. The van der Waals surface area contributed by atoms with E-state index in [1.54, 1.807) is 32.7 Å². The quantitative estimate of drug-likeness (QED) is 0.625. The van der Waals surface area contributed by atoms with Gasteiger partial charge >= 0.3 is 0 Å². The number of amides is 1. The Labute approximate surface area is 167 Å². The second-order valence-electron chi connectivity index (χ2n) is 6.13. The predicted octanol–water partition coefficient (Wildman–Crippen LogP) is 3.07. The minimum Gasteiger partial charge on any atom is -0.493 e. The summed E-state index contributed by atoms with van der Waals surface area (Å²) in [4.78, 5) is 18.8. The van der Waals surface area contributed by atoms with Gasteiger partial charge in [-0.05, 0) is 29.8 Å². The number of thiazole rings is 1. The number of rotatable bonds is 8. The molecule has 0 aliphatic carbocycles. The fraction of sp³-hybridized carbons (Fsp3) is 0.300. The lowest BCUT2D eigenvalue weighted by atomic mass is 10.1. The predicted molar refractivity (Wildman–Crippen MR) is 111 cm³/mol. The molecule has 7 nitrogen and oxygen atoms in total. The van der Waals surface area contributed by atoms with Crippen molar-refractivity contribution >= 4 is 32.6 Å². The van der Waals surface area contributed by atoms with Crippen molar-refractivity contribution < 1.29 is 19.0 Å². The highest BCUT2D eigenvalue weighted by molar-refractivity contribution is 7.22. The van der Waals surface area contributed by atoms with Gasteiger partial charge in [-0.2, -0.15) is 0 Å². The topological polar surface area (TPSA) is 72.9 Å². The summed E-state index contributed by atoms with van der Waals surface area (Å²) in [5.41, 5.74) is 1.79. The molecule has 0 spiro atoms. The van der Waals surface area contributed by atoms with Gasteiger partial charge in [-0.1, -0.05) is 23.5 Å². The summed E-state index contributed by atoms with van der Waals surface area (Å²) in [6.45, 7) is 0.563. The Bertz CT molecular complexity index is 915. The molecular formula is C20H23N3O4S. The maximum absolute atomic E-state index is 12.4. The number of likely N-dealkylation sites (N-methyl/N-ethyl adjacent to an activating group) is 1. The van der Waals surface area contributed by atoms with Crippen molar-refractivity contribution in [3.63, 3.8) is 0 Å². The highest BCUT2D eigenvalue weighted by atomic mass is 32.1. The number of aromatic nitrogens is 1. The van der Waals surface area contributed by atoms with Crippen LogP contribution < -0.4 is 24.4 Å². The number of methoxy groups -OCH3 is 3. The van der Waals surface area contributed by atoms with Gasteiger partial charge in [-0.25, -0.2) is 4.98 Å². The van der Waals surface area contributed by atoms with E-state index in [4.69, 9.17) is 14.2 Å². The number of hydrogen-bond acceptors (Lipinski definition) is 7. The van der Waals surface area contributed by atoms with Gasteiger partial charge in [-0.3, -0.25) is 4.79 Å². The van der Waals surface area contributed by atoms with Crippen LogP contribution in [0.3, 0.4) is 0 Å². The van der Waals surface area contributed by atoms with Crippen molar-refractivity contribution in [1.29, 1.82) is 0 Å². The van der Waals surface area contributed by atoms with Crippen LogP contribution in [0.2, 0.25) is 0 Å². The van der Waals surface area contributed by atoms with Crippen molar-refractivity contribution in [2.24, 2.45) is 0 Å². The van der Waals surface area contributed by atoms with Gasteiger partial charge in [0.15, 0.2) is 16.6 Å². The molecule has 1 heterocycles. The van der Waals surface area contributed by atoms with Gasteiger partial charge in [-0.15, -0.1) is 0 Å². The number of carbonyl (C=O) groups is 1. The summed E-state index contributed by atoms with van der Waals surface area (Å²) in [6, 6.07) is 11.6. The van der Waals surface area contributed by atoms with Gasteiger partial charge in [0, 0.05) is 13.6 Å². The molecule has 0 saturated carbocycles. The normalized spacial score (nSPS) is 10.6. The van der Waals surface area contributed by atoms with Crippen LogP contribution >= 0.6 is 11.3 Å². The Balaban J connectivity index is 1.63. The Morgan fingerprint density at radius 3 is 2.39 bits per heavy atom. The van der Waals surface area contributed by atoms with Crippen molar-refractivity contribution in [3.8, 4) is 17.2 Å². The lowest BCUT2D eigenvalue weighted by Crippen LogP contribution is -2.34. The molecule has 148 valence electrons. The van der Waals surface area contributed by atoms with Gasteiger partial charge in [0.25, 0.3) is 0 Å². The maximum atomic E-state index is 12.4. The summed E-state index contributed by atoms with van der Waals surface area (Å²) in [7, 11) is 6.54. The van der Waals surface area contributed by atoms with E-state index in [1.807, 2.05) is 48.3 Å². The number of carbonyl (C=O) groups excluding carboxylic acids is 1. The van der Waals surface area contributed by atoms with Crippen LogP contribution in [0, 0.1) is 0 Å². The number of para-hydroxylation sites is 1. The van der Waals surface area contributed by atoms with Crippen LogP contribution in [0.25, 0.3) is 10.2 Å². The zero-order valence-electron chi connectivity index (χ0n) is 16.3. The molecule has 3 aromatic rings. The number of nitrogens with zero attached hydrogens (tertiary/aromatic N) is 2. The molecule has 28 heavy (non-hydrogen) atoms. The molecule has 0 aliphatic rings. The lowest BCUT2D eigenvalue weighted by Gasteiger charge is -2.16. The van der Waals surface area contributed by atoms with Crippen molar-refractivity contribution in [1.82, 2.24) is 10.3 Å². The van der Waals surface area contributed by atoms with Crippen molar-refractivity contribution in [2.75, 3.05) is 39.8 Å². The van der Waals surface area contributed by atoms with Crippen LogP contribution in [0.5, 0.6) is 17.2 Å². The first-order chi connectivity index (χ1) is 13.5. The Kier molecular flexibility index (Phi) is 6.20. The molecule has 0 bridgehead atoms. The molecule has 8 heteroatoms. The van der Waals surface area contributed by atoms with Gasteiger partial charge in [0.2, 0.25) is 11.7 Å². The van der Waals surface area contributed by atoms with E-state index in [2.05, 4.69) is 10.3 Å². The molecule has 0 radical (unpaired) electrons. The summed E-state index contributed by atoms with van der Waals surface area (Å²) >= 11 is 1.56. The average Bonchev–Trinajstić information content (AvgIpc) is 3.15. The highest BCUT2D eigenvalue weighted by Gasteiger charge is 2.15. The molecule has 0 unspecified atom stereocenters. The van der Waals surface area contributed by atoms with E-state index in [0.717, 1.165) is 20.9 Å². The first-order valence-corrected chi connectivity index (χ1v) is 9.49. The van der Waals surface area contributed by atoms with E-state index in [-0.39, 0.29) is 12.5 Å². The first kappa shape index (κ1) is 19.8. The van der Waals surface area contributed by atoms with Gasteiger partial charge < -0.3 is 24.4 Å². The standard InChI is InChI=1S/C20H23N3O4S/c1-23(20-22-14-7-5-6-8-17(14)28-20)12-18(24)21-11-13-9-15(25-2)19(27-4)16(10-13)26-3/h5-10H,11-12H2,1-4H3,(H,21,24). The first-order valence-electron chi connectivity index (χ1n) is 8.68. The van der Waals surface area contributed by atoms with E-state index in [1.165, 1.54) is 0 Å². The number of ether oxygens (including phenoxy) is 3. The van der Waals surface area contributed by atoms with Crippen LogP contribution in [0.4, 0.5) is 5.13 Å². The zero-order chi connectivity index (χ0) is 20.1. The van der Waals surface area contributed by atoms with Crippen LogP contribution in [-0.2, 0) is 11.3 Å². The molecular weight excluding hydrogens is 378 g/mol. The monoisotopic (exact) mass is 401 g/mol. The summed E-state index contributed by atoms with van der Waals surface area (Å²) < 4.78 is 17.1. The van der Waals surface area contributed by atoms with E-state index >= 15 is 0 Å². The Morgan fingerprint density at radius 2 is 1.79 bits per heavy atom. The third-order valence-corrected chi connectivity index (χ3v) is 5.35. The highest BCUT2D eigenvalue weighted by Crippen LogP contribution is 2.38. The SMILES string of the molecule is COc1cc(CNC(=O)CN(C)c2nc3ccccc3s2)cc(OC)c1OC. The largest absolute Gasteiger partial charge is 0.493 e. The summed E-state index contributed by atoms with van der Waals surface area (Å²) in [5, 5.41) is 3.73. The third-order valence-electron chi connectivity index (χ3n) is 4.20. The van der Waals surface area contributed by atoms with Crippen LogP contribution in [0.1, 0.15) is 5.56 Å². The van der Waals surface area contributed by atoms with E-state index < -0.39 is 0 Å². The van der Waals surface area contributed by atoms with Crippen LogP contribution in [-0.4, -0.2) is 45.8 Å². The number of nitrogens with one attached hydrogen (secondary N) is 1. The molecule has 2 aromatic carbocycles. The Hall–Kier alpha value is -3.00. The smallest absolute Gasteiger partial charge is 0.239 e. The number of hydrogen-bond donors (Lipinski definition) is 1. The number of benzene rings is 2. The molecule has 0 fully saturated rings. The Morgan fingerprint density at radius 1 is 1.11 bits per heavy atom. The lowest BCUT2D eigenvalue weighted by molar-refractivity contribution is -0.119. The molecule has 1 N–H and O–H groups in total. The molecule has 1 amide bonds. The summed E-state index contributed by atoms with van der Waals surface area (Å²) in [5.74, 6) is 1.53. The second-order valence-corrected chi connectivity index (χ2v) is 7.14. The van der Waals surface area contributed by atoms with Crippen molar-refractivity contribution in [2.45, 2.75) is 6.54 Å². The fourth-order valence-electron chi connectivity index (χ4n) is 2.80. The maximum Gasteiger partial charge on any atom is 0.239 e. The van der Waals surface area contributed by atoms with Gasteiger partial charge in [0.05, 0.1) is 38.1 Å². The summed E-state index contributed by atoms with van der Waals surface area (Å²) in [6.07, 6.45) is 0. The molecule has 0 aliphatic heterocycles. The molecule has 0 atom stereocenters.